The van der Waals surface area contributed by atoms with Crippen LogP contribution in [0.3, 0.4) is 0 Å². The van der Waals surface area contributed by atoms with Gasteiger partial charge in [0.25, 0.3) is 0 Å². The van der Waals surface area contributed by atoms with Crippen LogP contribution < -0.4 is 5.43 Å². The third-order valence-electron chi connectivity index (χ3n) is 2.66. The van der Waals surface area contributed by atoms with Crippen LogP contribution in [0.4, 0.5) is 0 Å². The van der Waals surface area contributed by atoms with Crippen LogP contribution >= 0.6 is 23.2 Å². The quantitative estimate of drug-likeness (QED) is 0.767. The maximum absolute atomic E-state index is 12.0. The Morgan fingerprint density at radius 2 is 1.76 bits per heavy atom. The summed E-state index contributed by atoms with van der Waals surface area (Å²) < 4.78 is 0. The van der Waals surface area contributed by atoms with Crippen molar-refractivity contribution < 1.29 is 0 Å². The lowest BCUT2D eigenvalue weighted by atomic mass is 9.91. The second kappa shape index (κ2) is 4.04. The molecule has 0 unspecified atom stereocenters. The standard InChI is InChI=1S/C13H13Cl2NO/c1-13(2,3)11-6-10(17)8-4-7(14)5-9(15)12(8)16-11/h4-6H,1-3H3,(H,16,17). The van der Waals surface area contributed by atoms with Crippen LogP contribution in [0.1, 0.15) is 26.5 Å². The van der Waals surface area contributed by atoms with Crippen molar-refractivity contribution in [3.05, 3.63) is 44.2 Å². The van der Waals surface area contributed by atoms with Crippen LogP contribution in [0.2, 0.25) is 10.0 Å². The van der Waals surface area contributed by atoms with Gasteiger partial charge in [-0.2, -0.15) is 0 Å². The highest BCUT2D eigenvalue weighted by molar-refractivity contribution is 6.38. The Balaban J connectivity index is 2.88. The lowest BCUT2D eigenvalue weighted by molar-refractivity contribution is 0.571. The maximum Gasteiger partial charge on any atom is 0.189 e. The van der Waals surface area contributed by atoms with E-state index in [9.17, 15) is 4.79 Å². The smallest absolute Gasteiger partial charge is 0.189 e. The van der Waals surface area contributed by atoms with E-state index >= 15 is 0 Å². The average Bonchev–Trinajstić information content (AvgIpc) is 2.17. The predicted octanol–water partition coefficient (Wildman–Crippen LogP) is 4.13. The van der Waals surface area contributed by atoms with Crippen LogP contribution in [0.25, 0.3) is 10.9 Å². The summed E-state index contributed by atoms with van der Waals surface area (Å²) in [4.78, 5) is 15.2. The van der Waals surface area contributed by atoms with E-state index in [1.165, 1.54) is 0 Å². The Morgan fingerprint density at radius 3 is 2.35 bits per heavy atom. The molecule has 4 heteroatoms. The minimum absolute atomic E-state index is 0.0620. The number of hydrogen-bond donors (Lipinski definition) is 1. The van der Waals surface area contributed by atoms with Gasteiger partial charge < -0.3 is 4.98 Å². The Kier molecular flexibility index (Phi) is 2.96. The fraction of sp³-hybridized carbons (Fsp3) is 0.308. The van der Waals surface area contributed by atoms with E-state index in [4.69, 9.17) is 23.2 Å². The summed E-state index contributed by atoms with van der Waals surface area (Å²) in [7, 11) is 0. The van der Waals surface area contributed by atoms with E-state index < -0.39 is 0 Å². The molecule has 0 saturated carbocycles. The van der Waals surface area contributed by atoms with Gasteiger partial charge >= 0.3 is 0 Å². The summed E-state index contributed by atoms with van der Waals surface area (Å²) in [5.41, 5.74) is 1.32. The molecule has 0 aliphatic heterocycles. The summed E-state index contributed by atoms with van der Waals surface area (Å²) in [5, 5.41) is 1.46. The zero-order chi connectivity index (χ0) is 12.8. The number of halogens is 2. The second-order valence-electron chi connectivity index (χ2n) is 5.11. The van der Waals surface area contributed by atoms with Crippen molar-refractivity contribution in [3.63, 3.8) is 0 Å². The summed E-state index contributed by atoms with van der Waals surface area (Å²) in [5.74, 6) is 0. The molecule has 0 aliphatic carbocycles. The summed E-state index contributed by atoms with van der Waals surface area (Å²) in [6.07, 6.45) is 0. The van der Waals surface area contributed by atoms with E-state index in [0.717, 1.165) is 5.69 Å². The molecular formula is C13H13Cl2NO. The first-order valence-corrected chi connectivity index (χ1v) is 6.07. The van der Waals surface area contributed by atoms with Gasteiger partial charge in [0.2, 0.25) is 0 Å². The molecule has 0 fully saturated rings. The number of hydrogen-bond acceptors (Lipinski definition) is 1. The van der Waals surface area contributed by atoms with Gasteiger partial charge in [0, 0.05) is 27.6 Å². The van der Waals surface area contributed by atoms with Crippen LogP contribution in [0.5, 0.6) is 0 Å². The predicted molar refractivity (Wildman–Crippen MR) is 73.3 cm³/mol. The Labute approximate surface area is 110 Å². The molecule has 0 amide bonds. The Hall–Kier alpha value is -0.990. The van der Waals surface area contributed by atoms with Gasteiger partial charge in [0.05, 0.1) is 10.5 Å². The molecule has 2 rings (SSSR count). The number of benzene rings is 1. The van der Waals surface area contributed by atoms with Gasteiger partial charge in [0.15, 0.2) is 5.43 Å². The summed E-state index contributed by atoms with van der Waals surface area (Å²) in [6.45, 7) is 6.11. The number of aromatic nitrogens is 1. The molecule has 0 aliphatic rings. The first-order chi connectivity index (χ1) is 7.79. The number of fused-ring (bicyclic) bond motifs is 1. The first kappa shape index (κ1) is 12.5. The largest absolute Gasteiger partial charge is 0.357 e. The van der Waals surface area contributed by atoms with Crippen LogP contribution in [-0.2, 0) is 5.41 Å². The van der Waals surface area contributed by atoms with Crippen molar-refractivity contribution in [3.8, 4) is 0 Å². The third-order valence-corrected chi connectivity index (χ3v) is 3.18. The van der Waals surface area contributed by atoms with Crippen molar-refractivity contribution in [2.45, 2.75) is 26.2 Å². The molecule has 1 N–H and O–H groups in total. The van der Waals surface area contributed by atoms with Gasteiger partial charge in [-0.25, -0.2) is 0 Å². The number of pyridine rings is 1. The SMILES string of the molecule is CC(C)(C)c1cc(=O)c2cc(Cl)cc(Cl)c2[nH]1. The first-order valence-electron chi connectivity index (χ1n) is 5.31. The molecule has 1 aromatic heterocycles. The van der Waals surface area contributed by atoms with Gasteiger partial charge in [-0.3, -0.25) is 4.79 Å². The normalized spacial score (nSPS) is 12.1. The molecule has 0 radical (unpaired) electrons. The van der Waals surface area contributed by atoms with Gasteiger partial charge in [-0.05, 0) is 12.1 Å². The molecule has 90 valence electrons. The highest BCUT2D eigenvalue weighted by atomic mass is 35.5. The van der Waals surface area contributed by atoms with Crippen LogP contribution in [-0.4, -0.2) is 4.98 Å². The molecule has 17 heavy (non-hydrogen) atoms. The van der Waals surface area contributed by atoms with E-state index in [0.29, 0.717) is 20.9 Å². The third kappa shape index (κ3) is 2.33. The van der Waals surface area contributed by atoms with E-state index in [-0.39, 0.29) is 10.8 Å². The fourth-order valence-corrected chi connectivity index (χ4v) is 2.22. The zero-order valence-corrected chi connectivity index (χ0v) is 11.4. The summed E-state index contributed by atoms with van der Waals surface area (Å²) in [6, 6.07) is 4.87. The monoisotopic (exact) mass is 269 g/mol. The number of H-pyrrole nitrogens is 1. The van der Waals surface area contributed by atoms with E-state index in [1.54, 1.807) is 18.2 Å². The van der Waals surface area contributed by atoms with Crippen LogP contribution in [0.15, 0.2) is 23.0 Å². The van der Waals surface area contributed by atoms with E-state index in [2.05, 4.69) is 4.98 Å². The Bertz CT molecular complexity index is 638. The number of aromatic amines is 1. The van der Waals surface area contributed by atoms with Gasteiger partial charge in [-0.1, -0.05) is 44.0 Å². The lowest BCUT2D eigenvalue weighted by Gasteiger charge is -2.19. The molecule has 0 atom stereocenters. The van der Waals surface area contributed by atoms with Crippen molar-refractivity contribution in [2.24, 2.45) is 0 Å². The highest BCUT2D eigenvalue weighted by Gasteiger charge is 2.17. The average molecular weight is 270 g/mol. The van der Waals surface area contributed by atoms with E-state index in [1.807, 2.05) is 20.8 Å². The second-order valence-corrected chi connectivity index (χ2v) is 5.95. The molecule has 2 aromatic rings. The molecule has 1 heterocycles. The molecule has 0 saturated heterocycles. The Morgan fingerprint density at radius 1 is 1.12 bits per heavy atom. The lowest BCUT2D eigenvalue weighted by Crippen LogP contribution is -2.17. The molecule has 2 nitrogen and oxygen atoms in total. The number of nitrogens with one attached hydrogen (secondary N) is 1. The number of rotatable bonds is 0. The highest BCUT2D eigenvalue weighted by Crippen LogP contribution is 2.27. The molecule has 1 aromatic carbocycles. The topological polar surface area (TPSA) is 32.9 Å². The fourth-order valence-electron chi connectivity index (χ4n) is 1.68. The molecular weight excluding hydrogens is 257 g/mol. The van der Waals surface area contributed by atoms with Crippen molar-refractivity contribution in [1.29, 1.82) is 0 Å². The van der Waals surface area contributed by atoms with Gasteiger partial charge in [0.1, 0.15) is 0 Å². The maximum atomic E-state index is 12.0. The summed E-state index contributed by atoms with van der Waals surface area (Å²) >= 11 is 12.0. The minimum Gasteiger partial charge on any atom is -0.357 e. The minimum atomic E-state index is -0.129. The van der Waals surface area contributed by atoms with Crippen molar-refractivity contribution >= 4 is 34.1 Å². The zero-order valence-electron chi connectivity index (χ0n) is 9.90. The van der Waals surface area contributed by atoms with Crippen LogP contribution in [0, 0.1) is 0 Å². The van der Waals surface area contributed by atoms with Gasteiger partial charge in [-0.15, -0.1) is 0 Å². The molecule has 0 bridgehead atoms. The van der Waals surface area contributed by atoms with Crippen molar-refractivity contribution in [2.75, 3.05) is 0 Å². The molecule has 0 spiro atoms. The van der Waals surface area contributed by atoms with Crippen molar-refractivity contribution in [1.82, 2.24) is 4.98 Å².